The Hall–Kier alpha value is -1.85. The number of para-hydroxylation sites is 1. The number of nitro benzene ring substituents is 1. The molecule has 0 spiro atoms. The summed E-state index contributed by atoms with van der Waals surface area (Å²) < 4.78 is 13.0. The van der Waals surface area contributed by atoms with E-state index in [9.17, 15) is 14.5 Å². The molecule has 0 bridgehead atoms. The van der Waals surface area contributed by atoms with Crippen molar-refractivity contribution >= 4 is 40.3 Å². The van der Waals surface area contributed by atoms with Crippen LogP contribution < -0.4 is 5.32 Å². The molecular formula is C12H7Cl2FN2O2. The van der Waals surface area contributed by atoms with Crippen LogP contribution in [0.1, 0.15) is 0 Å². The highest BCUT2D eigenvalue weighted by molar-refractivity contribution is 6.33. The molecule has 0 unspecified atom stereocenters. The van der Waals surface area contributed by atoms with Gasteiger partial charge in [0, 0.05) is 5.69 Å². The van der Waals surface area contributed by atoms with Crippen molar-refractivity contribution in [1.29, 1.82) is 0 Å². The minimum Gasteiger partial charge on any atom is -0.350 e. The van der Waals surface area contributed by atoms with Crippen LogP contribution in [0.2, 0.25) is 10.0 Å². The first-order valence-corrected chi connectivity index (χ1v) is 5.89. The lowest BCUT2D eigenvalue weighted by molar-refractivity contribution is -0.383. The monoisotopic (exact) mass is 300 g/mol. The highest BCUT2D eigenvalue weighted by Gasteiger charge is 2.18. The van der Waals surface area contributed by atoms with Gasteiger partial charge in [0.1, 0.15) is 16.5 Å². The van der Waals surface area contributed by atoms with Gasteiger partial charge >= 0.3 is 5.69 Å². The van der Waals surface area contributed by atoms with E-state index in [2.05, 4.69) is 5.32 Å². The van der Waals surface area contributed by atoms with Crippen LogP contribution in [-0.2, 0) is 0 Å². The molecule has 0 atom stereocenters. The Balaban J connectivity index is 2.40. The molecular weight excluding hydrogens is 294 g/mol. The normalized spacial score (nSPS) is 10.3. The molecule has 2 aromatic carbocycles. The van der Waals surface area contributed by atoms with Gasteiger partial charge in [-0.3, -0.25) is 10.1 Å². The van der Waals surface area contributed by atoms with Gasteiger partial charge in [-0.25, -0.2) is 4.39 Å². The zero-order valence-electron chi connectivity index (χ0n) is 9.36. The maximum Gasteiger partial charge on any atom is 0.311 e. The molecule has 0 radical (unpaired) electrons. The topological polar surface area (TPSA) is 55.2 Å². The zero-order chi connectivity index (χ0) is 14.0. The van der Waals surface area contributed by atoms with Crippen molar-refractivity contribution in [3.8, 4) is 0 Å². The maximum absolute atomic E-state index is 13.0. The molecule has 98 valence electrons. The van der Waals surface area contributed by atoms with E-state index in [0.29, 0.717) is 5.69 Å². The molecule has 0 saturated heterocycles. The summed E-state index contributed by atoms with van der Waals surface area (Å²) in [7, 11) is 0. The van der Waals surface area contributed by atoms with E-state index in [1.807, 2.05) is 0 Å². The third-order valence-electron chi connectivity index (χ3n) is 2.37. The van der Waals surface area contributed by atoms with Crippen LogP contribution in [0.25, 0.3) is 0 Å². The second kappa shape index (κ2) is 5.42. The smallest absolute Gasteiger partial charge is 0.311 e. The molecule has 2 rings (SSSR count). The Morgan fingerprint density at radius 2 is 1.89 bits per heavy atom. The maximum atomic E-state index is 13.0. The van der Waals surface area contributed by atoms with Crippen LogP contribution >= 0.6 is 23.2 Å². The predicted octanol–water partition coefficient (Wildman–Crippen LogP) is 4.78. The van der Waals surface area contributed by atoms with Crippen molar-refractivity contribution in [1.82, 2.24) is 0 Å². The van der Waals surface area contributed by atoms with Crippen LogP contribution in [0, 0.1) is 15.9 Å². The van der Waals surface area contributed by atoms with E-state index in [0.717, 1.165) is 0 Å². The first-order chi connectivity index (χ1) is 8.99. The summed E-state index contributed by atoms with van der Waals surface area (Å²) >= 11 is 11.4. The minimum absolute atomic E-state index is 0.0169. The van der Waals surface area contributed by atoms with Gasteiger partial charge in [-0.05, 0) is 30.3 Å². The second-order valence-electron chi connectivity index (χ2n) is 3.65. The van der Waals surface area contributed by atoms with Crippen molar-refractivity contribution in [3.05, 3.63) is 62.4 Å². The molecule has 0 saturated carbocycles. The van der Waals surface area contributed by atoms with Gasteiger partial charge in [0.25, 0.3) is 0 Å². The first-order valence-electron chi connectivity index (χ1n) is 5.14. The molecule has 2 aromatic rings. The van der Waals surface area contributed by atoms with E-state index in [1.54, 1.807) is 6.07 Å². The number of hydrogen-bond acceptors (Lipinski definition) is 3. The Morgan fingerprint density at radius 3 is 2.53 bits per heavy atom. The predicted molar refractivity (Wildman–Crippen MR) is 72.8 cm³/mol. The van der Waals surface area contributed by atoms with Gasteiger partial charge < -0.3 is 5.32 Å². The average Bonchev–Trinajstić information content (AvgIpc) is 2.33. The molecule has 0 aliphatic heterocycles. The van der Waals surface area contributed by atoms with Gasteiger partial charge in [0.2, 0.25) is 0 Å². The Labute approximate surface area is 117 Å². The fourth-order valence-electron chi connectivity index (χ4n) is 1.53. The van der Waals surface area contributed by atoms with Crippen molar-refractivity contribution in [2.45, 2.75) is 0 Å². The van der Waals surface area contributed by atoms with E-state index in [1.165, 1.54) is 30.3 Å². The van der Waals surface area contributed by atoms with Crippen LogP contribution in [0.5, 0.6) is 0 Å². The summed E-state index contributed by atoms with van der Waals surface area (Å²) in [4.78, 5) is 10.4. The van der Waals surface area contributed by atoms with Crippen molar-refractivity contribution in [3.63, 3.8) is 0 Å². The largest absolute Gasteiger partial charge is 0.350 e. The molecule has 19 heavy (non-hydrogen) atoms. The summed E-state index contributed by atoms with van der Waals surface area (Å²) in [5.41, 5.74) is 0.390. The lowest BCUT2D eigenvalue weighted by atomic mass is 10.2. The minimum atomic E-state index is -0.588. The first kappa shape index (κ1) is 13.6. The van der Waals surface area contributed by atoms with E-state index < -0.39 is 10.7 Å². The molecule has 7 heteroatoms. The number of benzene rings is 2. The molecule has 0 aliphatic rings. The van der Waals surface area contributed by atoms with E-state index >= 15 is 0 Å². The standard InChI is InChI=1S/C12H7Cl2FN2O2/c13-8-2-1-3-11(12(8)17(18)19)16-7-4-5-10(15)9(14)6-7/h1-6,16H. The molecule has 0 heterocycles. The van der Waals surface area contributed by atoms with Gasteiger partial charge in [-0.2, -0.15) is 0 Å². The lowest BCUT2D eigenvalue weighted by Gasteiger charge is -2.08. The van der Waals surface area contributed by atoms with Crippen molar-refractivity contribution < 1.29 is 9.31 Å². The lowest BCUT2D eigenvalue weighted by Crippen LogP contribution is -1.98. The number of nitrogens with one attached hydrogen (secondary N) is 1. The van der Waals surface area contributed by atoms with Crippen LogP contribution in [0.15, 0.2) is 36.4 Å². The van der Waals surface area contributed by atoms with Gasteiger partial charge in [-0.1, -0.05) is 29.3 Å². The van der Waals surface area contributed by atoms with Crippen LogP contribution in [0.3, 0.4) is 0 Å². The zero-order valence-corrected chi connectivity index (χ0v) is 10.9. The molecule has 0 aliphatic carbocycles. The summed E-state index contributed by atoms with van der Waals surface area (Å²) in [5.74, 6) is -0.562. The highest BCUT2D eigenvalue weighted by Crippen LogP contribution is 2.34. The fourth-order valence-corrected chi connectivity index (χ4v) is 1.96. The van der Waals surface area contributed by atoms with Crippen LogP contribution in [-0.4, -0.2) is 4.92 Å². The number of hydrogen-bond donors (Lipinski definition) is 1. The summed E-state index contributed by atoms with van der Waals surface area (Å²) in [6.45, 7) is 0. The summed E-state index contributed by atoms with van der Waals surface area (Å²) in [6, 6.07) is 8.42. The third-order valence-corrected chi connectivity index (χ3v) is 2.96. The number of rotatable bonds is 3. The number of nitrogens with zero attached hydrogens (tertiary/aromatic N) is 1. The van der Waals surface area contributed by atoms with Gasteiger partial charge in [-0.15, -0.1) is 0 Å². The SMILES string of the molecule is O=[N+]([O-])c1c(Cl)cccc1Nc1ccc(F)c(Cl)c1. The second-order valence-corrected chi connectivity index (χ2v) is 4.46. The number of halogens is 3. The average molecular weight is 301 g/mol. The third kappa shape index (κ3) is 2.94. The summed E-state index contributed by atoms with van der Waals surface area (Å²) in [5, 5.41) is 13.7. The van der Waals surface area contributed by atoms with Crippen molar-refractivity contribution in [2.75, 3.05) is 5.32 Å². The molecule has 0 aromatic heterocycles. The Bertz CT molecular complexity index is 650. The van der Waals surface area contributed by atoms with Crippen molar-refractivity contribution in [2.24, 2.45) is 0 Å². The molecule has 0 fully saturated rings. The van der Waals surface area contributed by atoms with E-state index in [-0.39, 0.29) is 21.4 Å². The quantitative estimate of drug-likeness (QED) is 0.655. The van der Waals surface area contributed by atoms with E-state index in [4.69, 9.17) is 23.2 Å². The highest BCUT2D eigenvalue weighted by atomic mass is 35.5. The molecule has 0 amide bonds. The van der Waals surface area contributed by atoms with Crippen LogP contribution in [0.4, 0.5) is 21.5 Å². The molecule has 1 N–H and O–H groups in total. The van der Waals surface area contributed by atoms with Gasteiger partial charge in [0.15, 0.2) is 0 Å². The van der Waals surface area contributed by atoms with Gasteiger partial charge in [0.05, 0.1) is 9.95 Å². The Morgan fingerprint density at radius 1 is 1.16 bits per heavy atom. The summed E-state index contributed by atoms with van der Waals surface area (Å²) in [6.07, 6.45) is 0. The number of anilines is 2. The fraction of sp³-hybridized carbons (Fsp3) is 0. The number of nitro groups is 1. The Kier molecular flexibility index (Phi) is 3.87. The molecule has 4 nitrogen and oxygen atoms in total.